The topological polar surface area (TPSA) is 149 Å². The second kappa shape index (κ2) is 8.65. The summed E-state index contributed by atoms with van der Waals surface area (Å²) in [5, 5.41) is 49.1. The maximum Gasteiger partial charge on any atom is 0.267 e. The van der Waals surface area contributed by atoms with E-state index < -0.39 is 43.2 Å². The van der Waals surface area contributed by atoms with Crippen LogP contribution in [0, 0.1) is 0 Å². The summed E-state index contributed by atoms with van der Waals surface area (Å²) in [6, 6.07) is 10.5. The van der Waals surface area contributed by atoms with Gasteiger partial charge in [-0.1, -0.05) is 18.2 Å². The molecule has 1 amide bonds. The van der Waals surface area contributed by atoms with Crippen molar-refractivity contribution in [2.24, 2.45) is 0 Å². The highest BCUT2D eigenvalue weighted by Crippen LogP contribution is 2.27. The summed E-state index contributed by atoms with van der Waals surface area (Å²) in [5.41, 5.74) is 2.26. The van der Waals surface area contributed by atoms with Crippen molar-refractivity contribution in [3.63, 3.8) is 0 Å². The second-order valence-corrected chi connectivity index (χ2v) is 6.39. The van der Waals surface area contributed by atoms with Crippen LogP contribution in [-0.2, 0) is 9.53 Å². The van der Waals surface area contributed by atoms with Gasteiger partial charge < -0.3 is 29.9 Å². The minimum Gasteiger partial charge on any atom is -0.462 e. The summed E-state index contributed by atoms with van der Waals surface area (Å²) in [6.07, 6.45) is -4.01. The molecule has 1 fully saturated rings. The normalized spacial score (nSPS) is 27.8. The SMILES string of the molecule is O=C(/C=C/c1ccc2cc(O[C@H]3O[C@H](CO)[C@@H](O)C(O)C3O)ccc2c1)NO. The average molecular weight is 391 g/mol. The van der Waals surface area contributed by atoms with E-state index in [1.807, 2.05) is 6.07 Å². The lowest BCUT2D eigenvalue weighted by atomic mass is 9.99. The molecule has 2 aromatic carbocycles. The number of carbonyl (C=O) groups is 1. The Morgan fingerprint density at radius 3 is 2.50 bits per heavy atom. The van der Waals surface area contributed by atoms with Gasteiger partial charge >= 0.3 is 0 Å². The largest absolute Gasteiger partial charge is 0.462 e. The fourth-order valence-electron chi connectivity index (χ4n) is 2.93. The van der Waals surface area contributed by atoms with E-state index in [0.29, 0.717) is 5.75 Å². The Bertz CT molecular complexity index is 868. The first-order valence-corrected chi connectivity index (χ1v) is 8.56. The zero-order valence-electron chi connectivity index (χ0n) is 14.7. The lowest BCUT2D eigenvalue weighted by Gasteiger charge is -2.39. The van der Waals surface area contributed by atoms with Crippen molar-refractivity contribution in [3.8, 4) is 5.75 Å². The minimum absolute atomic E-state index is 0.361. The Balaban J connectivity index is 1.77. The van der Waals surface area contributed by atoms with Crippen LogP contribution in [0.3, 0.4) is 0 Å². The number of aliphatic hydroxyl groups is 4. The first-order chi connectivity index (χ1) is 13.4. The van der Waals surface area contributed by atoms with Gasteiger partial charge in [0.1, 0.15) is 30.2 Å². The van der Waals surface area contributed by atoms with Crippen LogP contribution in [0.25, 0.3) is 16.8 Å². The molecule has 9 nitrogen and oxygen atoms in total. The third-order valence-corrected chi connectivity index (χ3v) is 4.47. The quantitative estimate of drug-likeness (QED) is 0.228. The molecular formula is C19H21NO8. The van der Waals surface area contributed by atoms with Gasteiger partial charge in [0, 0.05) is 6.08 Å². The average Bonchev–Trinajstić information content (AvgIpc) is 2.72. The summed E-state index contributed by atoms with van der Waals surface area (Å²) in [4.78, 5) is 11.1. The minimum atomic E-state index is -1.51. The number of amides is 1. The fourth-order valence-corrected chi connectivity index (χ4v) is 2.93. The number of hydrogen-bond donors (Lipinski definition) is 6. The van der Waals surface area contributed by atoms with Gasteiger partial charge in [-0.3, -0.25) is 10.0 Å². The predicted molar refractivity (Wildman–Crippen MR) is 97.3 cm³/mol. The molecule has 1 aliphatic rings. The number of rotatable bonds is 5. The highest BCUT2D eigenvalue weighted by atomic mass is 16.7. The molecule has 0 spiro atoms. The molecule has 2 unspecified atom stereocenters. The molecule has 9 heteroatoms. The van der Waals surface area contributed by atoms with Crippen molar-refractivity contribution in [2.75, 3.05) is 6.61 Å². The number of benzene rings is 2. The van der Waals surface area contributed by atoms with Crippen molar-refractivity contribution >= 4 is 22.8 Å². The second-order valence-electron chi connectivity index (χ2n) is 6.39. The maximum absolute atomic E-state index is 11.1. The molecule has 0 radical (unpaired) electrons. The summed E-state index contributed by atoms with van der Waals surface area (Å²) in [7, 11) is 0. The molecule has 0 aromatic heterocycles. The van der Waals surface area contributed by atoms with Gasteiger partial charge in [-0.15, -0.1) is 0 Å². The van der Waals surface area contributed by atoms with E-state index in [-0.39, 0.29) is 0 Å². The van der Waals surface area contributed by atoms with Crippen molar-refractivity contribution in [3.05, 3.63) is 48.0 Å². The van der Waals surface area contributed by atoms with Gasteiger partial charge in [-0.2, -0.15) is 0 Å². The molecular weight excluding hydrogens is 370 g/mol. The van der Waals surface area contributed by atoms with Crippen molar-refractivity contribution in [2.45, 2.75) is 30.7 Å². The van der Waals surface area contributed by atoms with Gasteiger partial charge in [0.2, 0.25) is 6.29 Å². The van der Waals surface area contributed by atoms with Crippen LogP contribution in [0.5, 0.6) is 5.75 Å². The van der Waals surface area contributed by atoms with Gasteiger partial charge in [-0.05, 0) is 40.6 Å². The summed E-state index contributed by atoms with van der Waals surface area (Å²) in [6.45, 7) is -0.535. The van der Waals surface area contributed by atoms with Crippen LogP contribution in [0.4, 0.5) is 0 Å². The number of fused-ring (bicyclic) bond motifs is 1. The number of carbonyl (C=O) groups excluding carboxylic acids is 1. The third-order valence-electron chi connectivity index (χ3n) is 4.47. The van der Waals surface area contributed by atoms with Crippen LogP contribution in [-0.4, -0.2) is 68.9 Å². The first kappa shape index (κ1) is 20.2. The Hall–Kier alpha value is -2.53. The molecule has 1 saturated heterocycles. The number of hydrogen-bond acceptors (Lipinski definition) is 8. The van der Waals surface area contributed by atoms with Crippen LogP contribution in [0.15, 0.2) is 42.5 Å². The summed E-state index contributed by atoms with van der Waals surface area (Å²) < 4.78 is 10.9. The Morgan fingerprint density at radius 2 is 1.79 bits per heavy atom. The summed E-state index contributed by atoms with van der Waals surface area (Å²) in [5.74, 6) is -0.275. The monoisotopic (exact) mass is 391 g/mol. The van der Waals surface area contributed by atoms with Gasteiger partial charge in [0.15, 0.2) is 0 Å². The zero-order chi connectivity index (χ0) is 20.3. The molecule has 0 saturated carbocycles. The van der Waals surface area contributed by atoms with Crippen LogP contribution in [0.1, 0.15) is 5.56 Å². The maximum atomic E-state index is 11.1. The lowest BCUT2D eigenvalue weighted by Crippen LogP contribution is -2.60. The molecule has 6 N–H and O–H groups in total. The van der Waals surface area contributed by atoms with Crippen LogP contribution in [0.2, 0.25) is 0 Å². The van der Waals surface area contributed by atoms with E-state index in [1.165, 1.54) is 11.6 Å². The highest BCUT2D eigenvalue weighted by Gasteiger charge is 2.44. The molecule has 1 heterocycles. The van der Waals surface area contributed by atoms with E-state index in [9.17, 15) is 25.2 Å². The molecule has 5 atom stereocenters. The third kappa shape index (κ3) is 4.30. The highest BCUT2D eigenvalue weighted by molar-refractivity contribution is 5.92. The summed E-state index contributed by atoms with van der Waals surface area (Å²) >= 11 is 0. The number of nitrogens with one attached hydrogen (secondary N) is 1. The standard InChI is InChI=1S/C19H21NO8/c21-9-14-16(23)17(24)18(25)19(28-14)27-13-5-4-11-7-10(1-3-12(11)8-13)2-6-15(22)20-26/h1-8,14,16-19,21,23-26H,9H2,(H,20,22)/b6-2+/t14-,16-,17?,18?,19+/m1/s1. The molecule has 0 aliphatic carbocycles. The van der Waals surface area contributed by atoms with E-state index in [4.69, 9.17) is 14.7 Å². The fraction of sp³-hybridized carbons (Fsp3) is 0.316. The number of ether oxygens (including phenoxy) is 2. The van der Waals surface area contributed by atoms with Crippen LogP contribution < -0.4 is 10.2 Å². The smallest absolute Gasteiger partial charge is 0.267 e. The van der Waals surface area contributed by atoms with Gasteiger partial charge in [-0.25, -0.2) is 5.48 Å². The molecule has 150 valence electrons. The van der Waals surface area contributed by atoms with Gasteiger partial charge in [0.25, 0.3) is 5.91 Å². The van der Waals surface area contributed by atoms with Crippen molar-refractivity contribution in [1.29, 1.82) is 0 Å². The molecule has 0 bridgehead atoms. The van der Waals surface area contributed by atoms with Crippen molar-refractivity contribution < 1.29 is 39.9 Å². The van der Waals surface area contributed by atoms with E-state index >= 15 is 0 Å². The lowest BCUT2D eigenvalue weighted by molar-refractivity contribution is -0.277. The molecule has 2 aromatic rings. The number of hydroxylamine groups is 1. The Kier molecular flexibility index (Phi) is 6.25. The van der Waals surface area contributed by atoms with Gasteiger partial charge in [0.05, 0.1) is 6.61 Å². The van der Waals surface area contributed by atoms with Crippen LogP contribution >= 0.6 is 0 Å². The van der Waals surface area contributed by atoms with E-state index in [0.717, 1.165) is 16.3 Å². The zero-order valence-corrected chi connectivity index (χ0v) is 14.7. The van der Waals surface area contributed by atoms with Crippen molar-refractivity contribution in [1.82, 2.24) is 5.48 Å². The van der Waals surface area contributed by atoms with E-state index in [1.54, 1.807) is 36.4 Å². The van der Waals surface area contributed by atoms with E-state index in [2.05, 4.69) is 0 Å². The molecule has 3 rings (SSSR count). The Labute approximate surface area is 160 Å². The first-order valence-electron chi connectivity index (χ1n) is 8.56. The Morgan fingerprint density at radius 1 is 1.07 bits per heavy atom. The molecule has 1 aliphatic heterocycles. The number of aliphatic hydroxyl groups excluding tert-OH is 4. The molecule has 28 heavy (non-hydrogen) atoms. The predicted octanol–water partition coefficient (Wildman–Crippen LogP) is -0.463.